The fourth-order valence-corrected chi connectivity index (χ4v) is 4.00. The molecule has 0 aliphatic heterocycles. The number of aliphatic hydroxyl groups excluding tert-OH is 2. The van der Waals surface area contributed by atoms with Gasteiger partial charge in [-0.05, 0) is 17.9 Å². The zero-order chi connectivity index (χ0) is 30.2. The number of benzene rings is 1. The first kappa shape index (κ1) is 34.5. The minimum atomic E-state index is -1.15. The van der Waals surface area contributed by atoms with Crippen LogP contribution in [0.15, 0.2) is 30.3 Å². The summed E-state index contributed by atoms with van der Waals surface area (Å²) in [7, 11) is 0. The molecule has 0 spiro atoms. The summed E-state index contributed by atoms with van der Waals surface area (Å²) in [6.07, 6.45) is 0.0501. The van der Waals surface area contributed by atoms with Gasteiger partial charge in [0.1, 0.15) is 12.6 Å². The lowest BCUT2D eigenvalue weighted by Crippen LogP contribution is -2.49. The first-order valence-electron chi connectivity index (χ1n) is 13.5. The number of carbonyl (C=O) groups excluding carboxylic acids is 4. The predicted molar refractivity (Wildman–Crippen MR) is 148 cm³/mol. The molecule has 1 aromatic carbocycles. The van der Waals surface area contributed by atoms with Crippen LogP contribution in [-0.2, 0) is 30.5 Å². The molecule has 0 fully saturated rings. The van der Waals surface area contributed by atoms with Gasteiger partial charge in [-0.1, -0.05) is 58.0 Å². The van der Waals surface area contributed by atoms with Crippen molar-refractivity contribution in [2.75, 3.05) is 45.9 Å². The van der Waals surface area contributed by atoms with Gasteiger partial charge >= 0.3 is 5.97 Å². The standard InChI is InChI=1S/C28H44N4O8/c1-20(2)16-23(28(39)40)29-24(35)10-11-30(12-14-33)25(36)18-31(13-15-34)26(37)19-32(27(38)21(3)4)17-22-8-6-5-7-9-22/h5-9,20-21,23,33-34H,10-19H2,1-4H3,(H,29,35)(H,39,40)/t23-/m0/s1. The summed E-state index contributed by atoms with van der Waals surface area (Å²) in [5, 5.41) is 30.8. The Morgan fingerprint density at radius 2 is 1.35 bits per heavy atom. The molecule has 0 unspecified atom stereocenters. The Morgan fingerprint density at radius 3 is 1.88 bits per heavy atom. The molecule has 0 bridgehead atoms. The molecule has 1 atom stereocenters. The zero-order valence-electron chi connectivity index (χ0n) is 23.9. The van der Waals surface area contributed by atoms with Gasteiger partial charge in [0, 0.05) is 38.5 Å². The van der Waals surface area contributed by atoms with Crippen LogP contribution in [0.25, 0.3) is 0 Å². The number of nitrogens with one attached hydrogen (secondary N) is 1. The number of rotatable bonds is 18. The molecule has 0 radical (unpaired) electrons. The van der Waals surface area contributed by atoms with E-state index in [1.54, 1.807) is 13.8 Å². The van der Waals surface area contributed by atoms with Crippen molar-refractivity contribution in [3.63, 3.8) is 0 Å². The van der Waals surface area contributed by atoms with Gasteiger partial charge in [-0.25, -0.2) is 4.79 Å². The Hall–Kier alpha value is -3.51. The van der Waals surface area contributed by atoms with Gasteiger partial charge in [-0.3, -0.25) is 19.2 Å². The Labute approximate surface area is 235 Å². The summed E-state index contributed by atoms with van der Waals surface area (Å²) >= 11 is 0. The molecule has 0 saturated carbocycles. The molecule has 0 aromatic heterocycles. The molecular formula is C28H44N4O8. The number of hydrogen-bond acceptors (Lipinski definition) is 7. The summed E-state index contributed by atoms with van der Waals surface area (Å²) in [6.45, 7) is 5.44. The van der Waals surface area contributed by atoms with Crippen LogP contribution in [0.1, 0.15) is 46.1 Å². The van der Waals surface area contributed by atoms with Crippen LogP contribution in [0.3, 0.4) is 0 Å². The van der Waals surface area contributed by atoms with Crippen LogP contribution in [0.5, 0.6) is 0 Å². The molecule has 12 heteroatoms. The SMILES string of the molecule is CC(C)C[C@H](NC(=O)CCN(CCO)C(=O)CN(CCO)C(=O)CN(Cc1ccccc1)C(=O)C(C)C)C(=O)O. The van der Waals surface area contributed by atoms with Gasteiger partial charge in [0.25, 0.3) is 0 Å². The number of nitrogens with zero attached hydrogens (tertiary/aromatic N) is 3. The topological polar surface area (TPSA) is 168 Å². The maximum atomic E-state index is 13.2. The summed E-state index contributed by atoms with van der Waals surface area (Å²) in [4.78, 5) is 66.7. The molecule has 0 aliphatic carbocycles. The van der Waals surface area contributed by atoms with Gasteiger partial charge in [-0.2, -0.15) is 0 Å². The molecule has 4 N–H and O–H groups in total. The van der Waals surface area contributed by atoms with E-state index in [4.69, 9.17) is 0 Å². The number of carboxylic acid groups (broad SMARTS) is 1. The fourth-order valence-electron chi connectivity index (χ4n) is 4.00. The second-order valence-corrected chi connectivity index (χ2v) is 10.3. The van der Waals surface area contributed by atoms with Gasteiger partial charge in [-0.15, -0.1) is 0 Å². The second-order valence-electron chi connectivity index (χ2n) is 10.3. The summed E-state index contributed by atoms with van der Waals surface area (Å²) in [5.74, 6) is -3.37. The lowest BCUT2D eigenvalue weighted by atomic mass is 10.0. The normalized spacial score (nSPS) is 11.7. The van der Waals surface area contributed by atoms with Crippen molar-refractivity contribution in [1.82, 2.24) is 20.0 Å². The number of aliphatic carboxylic acids is 1. The number of hydrogen-bond donors (Lipinski definition) is 4. The van der Waals surface area contributed by atoms with Gasteiger partial charge in [0.15, 0.2) is 0 Å². The van der Waals surface area contributed by atoms with Crippen LogP contribution in [-0.4, -0.2) is 112 Å². The number of amides is 4. The third-order valence-electron chi connectivity index (χ3n) is 6.07. The van der Waals surface area contributed by atoms with Crippen molar-refractivity contribution in [1.29, 1.82) is 0 Å². The van der Waals surface area contributed by atoms with Crippen LogP contribution >= 0.6 is 0 Å². The average Bonchev–Trinajstić information content (AvgIpc) is 2.89. The summed E-state index contributed by atoms with van der Waals surface area (Å²) < 4.78 is 0. The van der Waals surface area contributed by atoms with Gasteiger partial charge in [0.05, 0.1) is 19.8 Å². The van der Waals surface area contributed by atoms with Gasteiger partial charge in [0.2, 0.25) is 23.6 Å². The molecule has 0 saturated heterocycles. The molecule has 4 amide bonds. The quantitative estimate of drug-likeness (QED) is 0.198. The first-order chi connectivity index (χ1) is 18.9. The largest absolute Gasteiger partial charge is 0.480 e. The third-order valence-corrected chi connectivity index (χ3v) is 6.07. The highest BCUT2D eigenvalue weighted by molar-refractivity contribution is 5.89. The van der Waals surface area contributed by atoms with Crippen molar-refractivity contribution >= 4 is 29.6 Å². The van der Waals surface area contributed by atoms with E-state index in [0.29, 0.717) is 0 Å². The van der Waals surface area contributed by atoms with E-state index in [1.165, 1.54) is 9.80 Å². The Balaban J connectivity index is 2.90. The van der Waals surface area contributed by atoms with Crippen LogP contribution in [0.4, 0.5) is 0 Å². The van der Waals surface area contributed by atoms with Crippen molar-refractivity contribution in [2.24, 2.45) is 11.8 Å². The third kappa shape index (κ3) is 12.6. The van der Waals surface area contributed by atoms with E-state index in [0.717, 1.165) is 10.5 Å². The molecule has 0 heterocycles. The average molecular weight is 565 g/mol. The smallest absolute Gasteiger partial charge is 0.326 e. The number of carboxylic acids is 1. The van der Waals surface area contributed by atoms with E-state index in [9.17, 15) is 39.3 Å². The predicted octanol–water partition coefficient (Wildman–Crippen LogP) is 0.319. The monoisotopic (exact) mass is 564 g/mol. The van der Waals surface area contributed by atoms with Crippen molar-refractivity contribution in [3.05, 3.63) is 35.9 Å². The van der Waals surface area contributed by atoms with Crippen LogP contribution in [0, 0.1) is 11.8 Å². The summed E-state index contributed by atoms with van der Waals surface area (Å²) in [5.41, 5.74) is 0.833. The molecule has 40 heavy (non-hydrogen) atoms. The Bertz CT molecular complexity index is 970. The highest BCUT2D eigenvalue weighted by Crippen LogP contribution is 2.10. The van der Waals surface area contributed by atoms with Crippen LogP contribution < -0.4 is 5.32 Å². The van der Waals surface area contributed by atoms with Crippen molar-refractivity contribution < 1.29 is 39.3 Å². The minimum absolute atomic E-state index is 0.0448. The second kappa shape index (κ2) is 18.0. The molecule has 0 aliphatic rings. The molecule has 224 valence electrons. The Morgan fingerprint density at radius 1 is 0.800 bits per heavy atom. The maximum Gasteiger partial charge on any atom is 0.326 e. The molecule has 1 rings (SSSR count). The van der Waals surface area contributed by atoms with E-state index in [-0.39, 0.29) is 69.9 Å². The zero-order valence-corrected chi connectivity index (χ0v) is 23.9. The Kier molecular flexibility index (Phi) is 15.5. The highest BCUT2D eigenvalue weighted by atomic mass is 16.4. The lowest BCUT2D eigenvalue weighted by molar-refractivity contribution is -0.146. The van der Waals surface area contributed by atoms with E-state index in [2.05, 4.69) is 5.32 Å². The van der Waals surface area contributed by atoms with Crippen molar-refractivity contribution in [2.45, 2.75) is 53.1 Å². The first-order valence-corrected chi connectivity index (χ1v) is 13.5. The van der Waals surface area contributed by atoms with E-state index in [1.807, 2.05) is 44.2 Å². The molecular weight excluding hydrogens is 520 g/mol. The summed E-state index contributed by atoms with van der Waals surface area (Å²) in [6, 6.07) is 8.12. The highest BCUT2D eigenvalue weighted by Gasteiger charge is 2.27. The maximum absolute atomic E-state index is 13.2. The molecule has 1 aromatic rings. The van der Waals surface area contributed by atoms with Gasteiger partial charge < -0.3 is 35.3 Å². The number of carbonyl (C=O) groups is 5. The van der Waals surface area contributed by atoms with E-state index < -0.39 is 42.9 Å². The molecule has 12 nitrogen and oxygen atoms in total. The lowest BCUT2D eigenvalue weighted by Gasteiger charge is -2.30. The fraction of sp³-hybridized carbons (Fsp3) is 0.607. The minimum Gasteiger partial charge on any atom is -0.480 e. The van der Waals surface area contributed by atoms with E-state index >= 15 is 0 Å². The van der Waals surface area contributed by atoms with Crippen LogP contribution in [0.2, 0.25) is 0 Å². The van der Waals surface area contributed by atoms with Crippen molar-refractivity contribution in [3.8, 4) is 0 Å². The number of aliphatic hydroxyl groups is 2.